The maximum absolute atomic E-state index is 13.7. The average Bonchev–Trinajstić information content (AvgIpc) is 3.53. The first-order chi connectivity index (χ1) is 16.6. The highest BCUT2D eigenvalue weighted by Crippen LogP contribution is 2.39. The van der Waals surface area contributed by atoms with Crippen molar-refractivity contribution in [2.24, 2.45) is 0 Å². The van der Waals surface area contributed by atoms with Gasteiger partial charge in [0.05, 0.1) is 36.7 Å². The van der Waals surface area contributed by atoms with E-state index in [1.807, 2.05) is 24.3 Å². The first-order valence-electron chi connectivity index (χ1n) is 10.6. The molecule has 1 amide bonds. The molecule has 5 aromatic rings. The summed E-state index contributed by atoms with van der Waals surface area (Å²) < 4.78 is 12.9. The van der Waals surface area contributed by atoms with Crippen molar-refractivity contribution in [3.05, 3.63) is 99.5 Å². The fourth-order valence-electron chi connectivity index (χ4n) is 3.97. The predicted octanol–water partition coefficient (Wildman–Crippen LogP) is 4.63. The van der Waals surface area contributed by atoms with E-state index in [4.69, 9.17) is 9.15 Å². The second-order valence-corrected chi connectivity index (χ2v) is 8.65. The summed E-state index contributed by atoms with van der Waals surface area (Å²) in [5.41, 5.74) is 0.765. The number of ether oxygens (including phenoxy) is 1. The van der Waals surface area contributed by atoms with Gasteiger partial charge in [-0.15, -0.1) is 11.3 Å². The van der Waals surface area contributed by atoms with E-state index in [0.29, 0.717) is 26.4 Å². The Hall–Kier alpha value is -4.17. The van der Waals surface area contributed by atoms with E-state index >= 15 is 0 Å². The average molecular weight is 473 g/mol. The molecule has 170 valence electrons. The number of pyridine rings is 1. The van der Waals surface area contributed by atoms with Gasteiger partial charge in [-0.1, -0.05) is 48.5 Å². The number of hydrogen-bond donors (Lipinski definition) is 1. The molecule has 0 atom stereocenters. The molecule has 0 radical (unpaired) electrons. The molecule has 0 aliphatic rings. The molecule has 2 aromatic carbocycles. The largest absolute Gasteiger partial charge is 0.494 e. The minimum atomic E-state index is -0.379. The summed E-state index contributed by atoms with van der Waals surface area (Å²) in [7, 11) is 1.43. The molecule has 8 heteroatoms. The van der Waals surface area contributed by atoms with E-state index in [1.54, 1.807) is 42.5 Å². The molecule has 3 aromatic heterocycles. The smallest absolute Gasteiger partial charge is 0.265 e. The van der Waals surface area contributed by atoms with Crippen LogP contribution in [0.3, 0.4) is 0 Å². The lowest BCUT2D eigenvalue weighted by Gasteiger charge is -2.11. The highest BCUT2D eigenvalue weighted by molar-refractivity contribution is 7.22. The topological polar surface area (TPSA) is 90.5 Å². The van der Waals surface area contributed by atoms with Crippen molar-refractivity contribution >= 4 is 44.0 Å². The monoisotopic (exact) mass is 472 g/mol. The number of methoxy groups -OCH3 is 1. The molecule has 3 heterocycles. The lowest BCUT2D eigenvalue weighted by molar-refractivity contribution is 0.0946. The van der Waals surface area contributed by atoms with Crippen LogP contribution in [0.5, 0.6) is 5.75 Å². The number of Topliss-reactive ketones (excluding diaryl/α,β-unsaturated/α-hetero) is 1. The van der Waals surface area contributed by atoms with E-state index in [9.17, 15) is 14.4 Å². The molecule has 0 aliphatic carbocycles. The quantitative estimate of drug-likeness (QED) is 0.349. The fraction of sp³-hybridized carbons (Fsp3) is 0.115. The number of amides is 1. The third-order valence-electron chi connectivity index (χ3n) is 5.57. The van der Waals surface area contributed by atoms with Gasteiger partial charge in [-0.3, -0.25) is 19.0 Å². The van der Waals surface area contributed by atoms with Gasteiger partial charge in [0, 0.05) is 10.9 Å². The molecule has 5 rings (SSSR count). The highest BCUT2D eigenvalue weighted by atomic mass is 32.1. The van der Waals surface area contributed by atoms with Crippen LogP contribution in [-0.2, 0) is 13.1 Å². The summed E-state index contributed by atoms with van der Waals surface area (Å²) in [6.45, 7) is 0.0815. The van der Waals surface area contributed by atoms with Crippen LogP contribution in [0.15, 0.2) is 82.2 Å². The maximum Gasteiger partial charge on any atom is 0.265 e. The first-order valence-corrected chi connectivity index (χ1v) is 11.4. The van der Waals surface area contributed by atoms with Crippen molar-refractivity contribution in [3.8, 4) is 5.75 Å². The lowest BCUT2D eigenvalue weighted by Crippen LogP contribution is -2.25. The van der Waals surface area contributed by atoms with E-state index in [2.05, 4.69) is 5.32 Å². The number of nitrogens with zero attached hydrogens (tertiary/aromatic N) is 1. The third kappa shape index (κ3) is 3.78. The van der Waals surface area contributed by atoms with Crippen molar-refractivity contribution < 1.29 is 18.7 Å². The SMILES string of the molecule is COc1c(C(=O)NCc2ccco2)sc2c1c(=O)n(CC(=O)c1ccccc1)c1ccccc21. The van der Waals surface area contributed by atoms with Crippen LogP contribution in [-0.4, -0.2) is 23.4 Å². The number of furan rings is 1. The Morgan fingerprint density at radius 2 is 1.79 bits per heavy atom. The van der Waals surface area contributed by atoms with Crippen LogP contribution in [0, 0.1) is 0 Å². The molecule has 0 fully saturated rings. The van der Waals surface area contributed by atoms with Crippen LogP contribution >= 0.6 is 11.3 Å². The molecular formula is C26H20N2O5S. The predicted molar refractivity (Wildman–Crippen MR) is 131 cm³/mol. The number of fused-ring (bicyclic) bond motifs is 3. The molecule has 0 unspecified atom stereocenters. The molecule has 0 bridgehead atoms. The van der Waals surface area contributed by atoms with Gasteiger partial charge in [0.25, 0.3) is 11.5 Å². The van der Waals surface area contributed by atoms with Gasteiger partial charge in [0.2, 0.25) is 0 Å². The Labute approximate surface area is 198 Å². The summed E-state index contributed by atoms with van der Waals surface area (Å²) in [6, 6.07) is 19.7. The third-order valence-corrected chi connectivity index (χ3v) is 6.78. The molecule has 0 spiro atoms. The number of nitrogens with one attached hydrogen (secondary N) is 1. The first kappa shape index (κ1) is 21.7. The number of carbonyl (C=O) groups is 2. The standard InChI is InChI=1S/C26H20N2O5S/c1-32-22-21-23(34-24(22)25(30)27-14-17-10-7-13-33-17)18-11-5-6-12-19(18)28(26(21)31)15-20(29)16-8-3-2-4-9-16/h2-13H,14-15H2,1H3,(H,27,30). The number of carbonyl (C=O) groups excluding carboxylic acids is 2. The summed E-state index contributed by atoms with van der Waals surface area (Å²) in [5, 5.41) is 3.86. The zero-order chi connectivity index (χ0) is 23.7. The maximum atomic E-state index is 13.7. The molecule has 0 saturated heterocycles. The van der Waals surface area contributed by atoms with Crippen LogP contribution in [0.4, 0.5) is 0 Å². The van der Waals surface area contributed by atoms with Gasteiger partial charge < -0.3 is 14.5 Å². The molecule has 1 N–H and O–H groups in total. The van der Waals surface area contributed by atoms with E-state index < -0.39 is 0 Å². The summed E-state index contributed by atoms with van der Waals surface area (Å²) in [4.78, 5) is 39.9. The minimum Gasteiger partial charge on any atom is -0.494 e. The van der Waals surface area contributed by atoms with Crippen molar-refractivity contribution in [3.63, 3.8) is 0 Å². The van der Waals surface area contributed by atoms with Crippen molar-refractivity contribution in [2.75, 3.05) is 7.11 Å². The summed E-state index contributed by atoms with van der Waals surface area (Å²) in [5.74, 6) is 0.261. The molecule has 0 saturated carbocycles. The summed E-state index contributed by atoms with van der Waals surface area (Å²) in [6.07, 6.45) is 1.53. The second-order valence-electron chi connectivity index (χ2n) is 7.63. The van der Waals surface area contributed by atoms with Crippen molar-refractivity contribution in [1.29, 1.82) is 0 Å². The van der Waals surface area contributed by atoms with Crippen molar-refractivity contribution in [2.45, 2.75) is 13.1 Å². The van der Waals surface area contributed by atoms with Gasteiger partial charge in [0.15, 0.2) is 11.5 Å². The van der Waals surface area contributed by atoms with Gasteiger partial charge in [-0.2, -0.15) is 0 Å². The second kappa shape index (κ2) is 8.99. The zero-order valence-corrected chi connectivity index (χ0v) is 19.1. The van der Waals surface area contributed by atoms with E-state index in [-0.39, 0.29) is 41.5 Å². The van der Waals surface area contributed by atoms with Gasteiger partial charge in [-0.25, -0.2) is 0 Å². The number of para-hydroxylation sites is 1. The van der Waals surface area contributed by atoms with Crippen LogP contribution in [0.1, 0.15) is 25.8 Å². The van der Waals surface area contributed by atoms with Crippen molar-refractivity contribution in [1.82, 2.24) is 9.88 Å². The van der Waals surface area contributed by atoms with E-state index in [1.165, 1.54) is 29.3 Å². The molecule has 34 heavy (non-hydrogen) atoms. The number of ketones is 1. The Bertz CT molecular complexity index is 1570. The zero-order valence-electron chi connectivity index (χ0n) is 18.2. The Morgan fingerprint density at radius 1 is 1.03 bits per heavy atom. The number of thiophene rings is 1. The Balaban J connectivity index is 1.64. The highest BCUT2D eigenvalue weighted by Gasteiger charge is 2.25. The van der Waals surface area contributed by atoms with Crippen LogP contribution < -0.4 is 15.6 Å². The summed E-state index contributed by atoms with van der Waals surface area (Å²) >= 11 is 1.20. The minimum absolute atomic E-state index is 0.127. The molecule has 0 aliphatic heterocycles. The van der Waals surface area contributed by atoms with Gasteiger partial charge in [-0.05, 0) is 18.2 Å². The number of aromatic nitrogens is 1. The normalized spacial score (nSPS) is 11.1. The van der Waals surface area contributed by atoms with Crippen LogP contribution in [0.2, 0.25) is 0 Å². The van der Waals surface area contributed by atoms with Crippen LogP contribution in [0.25, 0.3) is 21.0 Å². The van der Waals surface area contributed by atoms with Gasteiger partial charge in [0.1, 0.15) is 16.0 Å². The number of rotatable bonds is 7. The number of hydrogen-bond acceptors (Lipinski definition) is 6. The number of benzene rings is 2. The molecule has 7 nitrogen and oxygen atoms in total. The lowest BCUT2D eigenvalue weighted by atomic mass is 10.1. The van der Waals surface area contributed by atoms with Gasteiger partial charge >= 0.3 is 0 Å². The Morgan fingerprint density at radius 3 is 2.53 bits per heavy atom. The Kier molecular flexibility index (Phi) is 5.73. The van der Waals surface area contributed by atoms with E-state index in [0.717, 1.165) is 5.39 Å². The fourth-order valence-corrected chi connectivity index (χ4v) is 5.18. The molecular weight excluding hydrogens is 452 g/mol.